The number of nitrogens with one attached hydrogen (secondary N) is 1. The minimum atomic E-state index is -3.71. The van der Waals surface area contributed by atoms with Crippen LogP contribution in [-0.2, 0) is 23.0 Å². The summed E-state index contributed by atoms with van der Waals surface area (Å²) in [4.78, 5) is 0.285. The Balaban J connectivity index is 1.96. The van der Waals surface area contributed by atoms with Crippen molar-refractivity contribution in [3.63, 3.8) is 0 Å². The van der Waals surface area contributed by atoms with Crippen LogP contribution in [0.25, 0.3) is 0 Å². The van der Waals surface area contributed by atoms with Gasteiger partial charge in [0.2, 0.25) is 10.0 Å². The average Bonchev–Trinajstić information content (AvgIpc) is 2.88. The highest BCUT2D eigenvalue weighted by Gasteiger charge is 2.30. The van der Waals surface area contributed by atoms with Crippen molar-refractivity contribution in [2.24, 2.45) is 0 Å². The Kier molecular flexibility index (Phi) is 5.77. The number of aliphatic hydroxyl groups excluding tert-OH is 1. The number of rotatable bonds is 5. The normalized spacial score (nSPS) is 16.2. The number of nitrogens with zero attached hydrogens (tertiary/aromatic N) is 1. The number of aryl methyl sites for hydroxylation is 2. The predicted molar refractivity (Wildman–Crippen MR) is 102 cm³/mol. The first-order valence-electron chi connectivity index (χ1n) is 8.92. The van der Waals surface area contributed by atoms with Crippen LogP contribution >= 0.6 is 0 Å². The van der Waals surface area contributed by atoms with E-state index in [2.05, 4.69) is 5.32 Å². The summed E-state index contributed by atoms with van der Waals surface area (Å²) >= 11 is 0. The maximum absolute atomic E-state index is 13.2. The van der Waals surface area contributed by atoms with Gasteiger partial charge in [-0.25, -0.2) is 8.42 Å². The van der Waals surface area contributed by atoms with Crippen LogP contribution in [0.4, 0.5) is 0 Å². The van der Waals surface area contributed by atoms with E-state index in [1.165, 1.54) is 11.4 Å². The minimum Gasteiger partial charge on any atom is -0.394 e. The number of likely N-dealkylation sites (N-methyl/N-ethyl adjacent to an activating group) is 1. The summed E-state index contributed by atoms with van der Waals surface area (Å²) in [7, 11) is -2.17. The molecule has 0 bridgehead atoms. The third-order valence-corrected chi connectivity index (χ3v) is 6.99. The van der Waals surface area contributed by atoms with Gasteiger partial charge in [0.05, 0.1) is 17.5 Å². The van der Waals surface area contributed by atoms with Crippen LogP contribution in [0.3, 0.4) is 0 Å². The number of benzene rings is 2. The molecule has 1 atom stereocenters. The van der Waals surface area contributed by atoms with E-state index >= 15 is 0 Å². The second-order valence-electron chi connectivity index (χ2n) is 6.79. The lowest BCUT2D eigenvalue weighted by atomic mass is 10.0. The second-order valence-corrected chi connectivity index (χ2v) is 8.78. The van der Waals surface area contributed by atoms with Crippen molar-refractivity contribution in [3.8, 4) is 0 Å². The standard InChI is InChI=1S/C20H26N2O3S/c1-15-6-3-4-8-19(15)20(14-23)22(2)26(24,25)18-10-9-17-13-21-11-5-7-16(17)12-18/h3-4,6,8-10,12,20-21,23H,5,7,11,13-14H2,1-2H3. The molecule has 1 aliphatic heterocycles. The Labute approximate surface area is 155 Å². The van der Waals surface area contributed by atoms with Crippen LogP contribution in [0.15, 0.2) is 47.4 Å². The van der Waals surface area contributed by atoms with Gasteiger partial charge in [0.25, 0.3) is 0 Å². The number of hydrogen-bond acceptors (Lipinski definition) is 4. The molecule has 0 saturated heterocycles. The second kappa shape index (κ2) is 7.88. The first-order valence-corrected chi connectivity index (χ1v) is 10.4. The minimum absolute atomic E-state index is 0.268. The molecule has 0 saturated carbocycles. The fourth-order valence-corrected chi connectivity index (χ4v) is 4.88. The quantitative estimate of drug-likeness (QED) is 0.843. The van der Waals surface area contributed by atoms with Gasteiger partial charge in [-0.05, 0) is 60.7 Å². The maximum Gasteiger partial charge on any atom is 0.243 e. The predicted octanol–water partition coefficient (Wildman–Crippen LogP) is 2.38. The summed E-state index contributed by atoms with van der Waals surface area (Å²) < 4.78 is 27.7. The van der Waals surface area contributed by atoms with Crippen molar-refractivity contribution in [1.82, 2.24) is 9.62 Å². The van der Waals surface area contributed by atoms with Crippen molar-refractivity contribution >= 4 is 10.0 Å². The smallest absolute Gasteiger partial charge is 0.243 e. The van der Waals surface area contributed by atoms with Crippen molar-refractivity contribution in [1.29, 1.82) is 0 Å². The van der Waals surface area contributed by atoms with Gasteiger partial charge in [-0.2, -0.15) is 4.31 Å². The summed E-state index contributed by atoms with van der Waals surface area (Å²) in [6.45, 7) is 3.37. The fraction of sp³-hybridized carbons (Fsp3) is 0.400. The van der Waals surface area contributed by atoms with E-state index in [4.69, 9.17) is 0 Å². The molecular weight excluding hydrogens is 348 g/mol. The van der Waals surface area contributed by atoms with Gasteiger partial charge in [-0.1, -0.05) is 30.3 Å². The molecule has 140 valence electrons. The van der Waals surface area contributed by atoms with E-state index in [9.17, 15) is 13.5 Å². The summed E-state index contributed by atoms with van der Waals surface area (Å²) in [5, 5.41) is 13.2. The van der Waals surface area contributed by atoms with Gasteiger partial charge in [-0.15, -0.1) is 0 Å². The SMILES string of the molecule is Cc1ccccc1C(CO)N(C)S(=O)(=O)c1ccc2c(c1)CCCNC2. The van der Waals surface area contributed by atoms with E-state index in [1.807, 2.05) is 37.3 Å². The van der Waals surface area contributed by atoms with Crippen molar-refractivity contribution < 1.29 is 13.5 Å². The Bertz CT molecular complexity index is 880. The van der Waals surface area contributed by atoms with E-state index in [-0.39, 0.29) is 11.5 Å². The molecule has 26 heavy (non-hydrogen) atoms. The van der Waals surface area contributed by atoms with Gasteiger partial charge < -0.3 is 10.4 Å². The van der Waals surface area contributed by atoms with Gasteiger partial charge in [-0.3, -0.25) is 0 Å². The molecule has 3 rings (SSSR count). The Hall–Kier alpha value is -1.73. The maximum atomic E-state index is 13.2. The highest BCUT2D eigenvalue weighted by Crippen LogP contribution is 2.29. The molecule has 0 aliphatic carbocycles. The third-order valence-electron chi connectivity index (χ3n) is 5.13. The number of fused-ring (bicyclic) bond motifs is 1. The molecule has 1 unspecified atom stereocenters. The molecule has 5 nitrogen and oxygen atoms in total. The molecule has 2 N–H and O–H groups in total. The molecular formula is C20H26N2O3S. The summed E-state index contributed by atoms with van der Waals surface area (Å²) in [6.07, 6.45) is 1.87. The molecule has 0 fully saturated rings. The molecule has 0 aromatic heterocycles. The van der Waals surface area contributed by atoms with E-state index in [1.54, 1.807) is 12.1 Å². The van der Waals surface area contributed by atoms with Gasteiger partial charge in [0.1, 0.15) is 0 Å². The largest absolute Gasteiger partial charge is 0.394 e. The van der Waals surface area contributed by atoms with Crippen molar-refractivity contribution in [2.75, 3.05) is 20.2 Å². The summed E-state index contributed by atoms with van der Waals surface area (Å²) in [5.74, 6) is 0. The molecule has 2 aromatic rings. The topological polar surface area (TPSA) is 69.6 Å². The lowest BCUT2D eigenvalue weighted by Crippen LogP contribution is -2.33. The van der Waals surface area contributed by atoms with Crippen LogP contribution < -0.4 is 5.32 Å². The van der Waals surface area contributed by atoms with Crippen LogP contribution in [-0.4, -0.2) is 38.0 Å². The number of sulfonamides is 1. The van der Waals surface area contributed by atoms with Crippen molar-refractivity contribution in [3.05, 3.63) is 64.7 Å². The number of aliphatic hydroxyl groups is 1. The molecule has 0 spiro atoms. The summed E-state index contributed by atoms with van der Waals surface area (Å²) in [6, 6.07) is 12.3. The lowest BCUT2D eigenvalue weighted by Gasteiger charge is -2.27. The van der Waals surface area contributed by atoms with Crippen LogP contribution in [0, 0.1) is 6.92 Å². The monoisotopic (exact) mass is 374 g/mol. The Morgan fingerprint density at radius 2 is 1.96 bits per heavy atom. The number of hydrogen-bond donors (Lipinski definition) is 2. The Morgan fingerprint density at radius 3 is 2.69 bits per heavy atom. The first-order chi connectivity index (χ1) is 12.4. The zero-order chi connectivity index (χ0) is 18.7. The van der Waals surface area contributed by atoms with E-state index < -0.39 is 16.1 Å². The molecule has 1 aliphatic rings. The molecule has 2 aromatic carbocycles. The summed E-state index contributed by atoms with van der Waals surface area (Å²) in [5.41, 5.74) is 4.02. The van der Waals surface area contributed by atoms with Crippen LogP contribution in [0.1, 0.15) is 34.7 Å². The highest BCUT2D eigenvalue weighted by atomic mass is 32.2. The third kappa shape index (κ3) is 3.69. The molecule has 6 heteroatoms. The van der Waals surface area contributed by atoms with Gasteiger partial charge in [0, 0.05) is 13.6 Å². The molecule has 1 heterocycles. The molecule has 0 radical (unpaired) electrons. The average molecular weight is 375 g/mol. The zero-order valence-corrected chi connectivity index (χ0v) is 16.1. The van der Waals surface area contributed by atoms with Crippen LogP contribution in [0.2, 0.25) is 0 Å². The fourth-order valence-electron chi connectivity index (χ4n) is 3.50. The van der Waals surface area contributed by atoms with Gasteiger partial charge >= 0.3 is 0 Å². The van der Waals surface area contributed by atoms with Gasteiger partial charge in [0.15, 0.2) is 0 Å². The lowest BCUT2D eigenvalue weighted by molar-refractivity contribution is 0.203. The Morgan fingerprint density at radius 1 is 1.19 bits per heavy atom. The zero-order valence-electron chi connectivity index (χ0n) is 15.3. The molecule has 0 amide bonds. The first kappa shape index (κ1) is 19.0. The van der Waals surface area contributed by atoms with Crippen LogP contribution in [0.5, 0.6) is 0 Å². The van der Waals surface area contributed by atoms with Crippen molar-refractivity contribution in [2.45, 2.75) is 37.2 Å². The van der Waals surface area contributed by atoms with E-state index in [0.29, 0.717) is 0 Å². The van der Waals surface area contributed by atoms with E-state index in [0.717, 1.165) is 48.2 Å². The highest BCUT2D eigenvalue weighted by molar-refractivity contribution is 7.89.